The number of nitrogens with zero attached hydrogens (tertiary/aromatic N) is 1. The van der Waals surface area contributed by atoms with Gasteiger partial charge in [0.25, 0.3) is 0 Å². The zero-order chi connectivity index (χ0) is 13.8. The molecular formula is C15H19NO3. The Morgan fingerprint density at radius 3 is 2.68 bits per heavy atom. The number of carbonyl (C=O) groups excluding carboxylic acids is 1. The minimum absolute atomic E-state index is 0.272. The molecule has 0 aliphatic heterocycles. The number of fused-ring (bicyclic) bond motifs is 1. The Labute approximate surface area is 112 Å². The maximum absolute atomic E-state index is 12.0. The van der Waals surface area contributed by atoms with Crippen molar-refractivity contribution < 1.29 is 14.3 Å². The number of hydrogen-bond donors (Lipinski definition) is 0. The fraction of sp³-hybridized carbons (Fsp3) is 0.400. The average Bonchev–Trinajstić information content (AvgIpc) is 2.78. The van der Waals surface area contributed by atoms with E-state index in [0.717, 1.165) is 29.6 Å². The summed E-state index contributed by atoms with van der Waals surface area (Å²) in [6, 6.07) is 7.69. The van der Waals surface area contributed by atoms with Crippen molar-refractivity contribution in [2.75, 3.05) is 13.7 Å². The molecule has 2 aromatic rings. The van der Waals surface area contributed by atoms with Crippen LogP contribution >= 0.6 is 0 Å². The fourth-order valence-corrected chi connectivity index (χ4v) is 2.20. The largest absolute Gasteiger partial charge is 0.497 e. The predicted molar refractivity (Wildman–Crippen MR) is 74.7 cm³/mol. The van der Waals surface area contributed by atoms with Crippen molar-refractivity contribution in [3.8, 4) is 5.75 Å². The topological polar surface area (TPSA) is 40.5 Å². The van der Waals surface area contributed by atoms with E-state index in [1.807, 2.05) is 35.8 Å². The summed E-state index contributed by atoms with van der Waals surface area (Å²) in [5.41, 5.74) is 1.61. The first kappa shape index (κ1) is 13.5. The Hall–Kier alpha value is -1.97. The van der Waals surface area contributed by atoms with E-state index in [1.54, 1.807) is 7.11 Å². The highest BCUT2D eigenvalue weighted by atomic mass is 16.5. The molecule has 2 rings (SSSR count). The van der Waals surface area contributed by atoms with Crippen LogP contribution in [-0.4, -0.2) is 24.3 Å². The van der Waals surface area contributed by atoms with Gasteiger partial charge in [0.1, 0.15) is 11.4 Å². The Morgan fingerprint density at radius 1 is 1.26 bits per heavy atom. The summed E-state index contributed by atoms with van der Waals surface area (Å²) in [6.07, 6.45) is 0.952. The quantitative estimate of drug-likeness (QED) is 0.776. The molecule has 0 aliphatic carbocycles. The highest BCUT2D eigenvalue weighted by Gasteiger charge is 2.16. The lowest BCUT2D eigenvalue weighted by molar-refractivity contribution is 0.0514. The van der Waals surface area contributed by atoms with Crippen molar-refractivity contribution in [2.24, 2.45) is 0 Å². The van der Waals surface area contributed by atoms with Crippen molar-refractivity contribution in [3.63, 3.8) is 0 Å². The normalized spacial score (nSPS) is 10.7. The second-order valence-corrected chi connectivity index (χ2v) is 4.33. The summed E-state index contributed by atoms with van der Waals surface area (Å²) in [4.78, 5) is 12.0. The van der Waals surface area contributed by atoms with E-state index in [2.05, 4.69) is 6.92 Å². The second-order valence-electron chi connectivity index (χ2n) is 4.33. The number of hydrogen-bond acceptors (Lipinski definition) is 3. The summed E-state index contributed by atoms with van der Waals surface area (Å²) < 4.78 is 12.3. The van der Waals surface area contributed by atoms with Gasteiger partial charge >= 0.3 is 5.97 Å². The maximum atomic E-state index is 12.0. The van der Waals surface area contributed by atoms with E-state index in [-0.39, 0.29) is 5.97 Å². The van der Waals surface area contributed by atoms with Gasteiger partial charge in [-0.25, -0.2) is 4.79 Å². The monoisotopic (exact) mass is 261 g/mol. The molecule has 0 radical (unpaired) electrons. The molecule has 0 aliphatic rings. The summed E-state index contributed by atoms with van der Waals surface area (Å²) in [6.45, 7) is 5.06. The van der Waals surface area contributed by atoms with Gasteiger partial charge in [0.2, 0.25) is 0 Å². The van der Waals surface area contributed by atoms with E-state index in [4.69, 9.17) is 9.47 Å². The molecule has 4 nitrogen and oxygen atoms in total. The first-order valence-electron chi connectivity index (χ1n) is 6.55. The van der Waals surface area contributed by atoms with Crippen molar-refractivity contribution in [3.05, 3.63) is 30.0 Å². The number of benzene rings is 1. The summed E-state index contributed by atoms with van der Waals surface area (Å²) in [7, 11) is 1.64. The molecule has 0 saturated heterocycles. The molecule has 1 heterocycles. The summed E-state index contributed by atoms with van der Waals surface area (Å²) in [5.74, 6) is 0.518. The lowest BCUT2D eigenvalue weighted by Crippen LogP contribution is -2.12. The Morgan fingerprint density at radius 2 is 2.05 bits per heavy atom. The van der Waals surface area contributed by atoms with Gasteiger partial charge in [0, 0.05) is 18.0 Å². The van der Waals surface area contributed by atoms with E-state index in [9.17, 15) is 4.79 Å². The standard InChI is InChI=1S/C15H19NO3/c1-4-8-16-13-10-12(18-3)7-6-11(13)9-14(16)15(17)19-5-2/h6-7,9-10H,4-5,8H2,1-3H3. The highest BCUT2D eigenvalue weighted by molar-refractivity contribution is 5.96. The van der Waals surface area contributed by atoms with Crippen LogP contribution in [0.5, 0.6) is 5.75 Å². The minimum atomic E-state index is -0.272. The average molecular weight is 261 g/mol. The Bertz CT molecular complexity index is 586. The minimum Gasteiger partial charge on any atom is -0.497 e. The zero-order valence-electron chi connectivity index (χ0n) is 11.6. The van der Waals surface area contributed by atoms with Crippen molar-refractivity contribution in [1.29, 1.82) is 0 Å². The first-order valence-corrected chi connectivity index (χ1v) is 6.55. The van der Waals surface area contributed by atoms with E-state index >= 15 is 0 Å². The van der Waals surface area contributed by atoms with Crippen LogP contribution < -0.4 is 4.74 Å². The molecule has 0 spiro atoms. The van der Waals surface area contributed by atoms with E-state index in [1.165, 1.54) is 0 Å². The van der Waals surface area contributed by atoms with E-state index in [0.29, 0.717) is 12.3 Å². The van der Waals surface area contributed by atoms with Gasteiger partial charge in [0.15, 0.2) is 0 Å². The molecule has 0 bridgehead atoms. The van der Waals surface area contributed by atoms with Crippen LogP contribution in [-0.2, 0) is 11.3 Å². The predicted octanol–water partition coefficient (Wildman–Crippen LogP) is 3.24. The van der Waals surface area contributed by atoms with Crippen LogP contribution in [0.25, 0.3) is 10.9 Å². The molecule has 4 heteroatoms. The molecule has 0 unspecified atom stereocenters. The van der Waals surface area contributed by atoms with Gasteiger partial charge in [-0.1, -0.05) is 6.92 Å². The highest BCUT2D eigenvalue weighted by Crippen LogP contribution is 2.25. The Kier molecular flexibility index (Phi) is 4.10. The summed E-state index contributed by atoms with van der Waals surface area (Å²) >= 11 is 0. The molecule has 0 saturated carbocycles. The SMILES string of the molecule is CCCn1c(C(=O)OCC)cc2ccc(OC)cc21. The zero-order valence-corrected chi connectivity index (χ0v) is 11.6. The lowest BCUT2D eigenvalue weighted by Gasteiger charge is -2.09. The lowest BCUT2D eigenvalue weighted by atomic mass is 10.2. The molecule has 102 valence electrons. The van der Waals surface area contributed by atoms with Crippen molar-refractivity contribution >= 4 is 16.9 Å². The molecule has 1 aromatic carbocycles. The molecule has 1 aromatic heterocycles. The number of methoxy groups -OCH3 is 1. The molecule has 19 heavy (non-hydrogen) atoms. The number of carbonyl (C=O) groups is 1. The van der Waals surface area contributed by atoms with Gasteiger partial charge in [0.05, 0.1) is 19.2 Å². The van der Waals surface area contributed by atoms with Crippen LogP contribution in [0.4, 0.5) is 0 Å². The molecule has 0 amide bonds. The van der Waals surface area contributed by atoms with Gasteiger partial charge in [-0.3, -0.25) is 0 Å². The third-order valence-electron chi connectivity index (χ3n) is 3.04. The maximum Gasteiger partial charge on any atom is 0.354 e. The first-order chi connectivity index (χ1) is 9.21. The molecule has 0 N–H and O–H groups in total. The van der Waals surface area contributed by atoms with Crippen LogP contribution in [0.2, 0.25) is 0 Å². The number of aromatic nitrogens is 1. The number of aryl methyl sites for hydroxylation is 1. The van der Waals surface area contributed by atoms with Gasteiger partial charge in [-0.2, -0.15) is 0 Å². The van der Waals surface area contributed by atoms with Gasteiger partial charge < -0.3 is 14.0 Å². The number of ether oxygens (including phenoxy) is 2. The van der Waals surface area contributed by atoms with Crippen molar-refractivity contribution in [1.82, 2.24) is 4.57 Å². The number of esters is 1. The van der Waals surface area contributed by atoms with Crippen molar-refractivity contribution in [2.45, 2.75) is 26.8 Å². The number of rotatable bonds is 5. The summed E-state index contributed by atoms with van der Waals surface area (Å²) in [5, 5.41) is 1.03. The molecule has 0 atom stereocenters. The molecule has 0 fully saturated rings. The third kappa shape index (κ3) is 2.57. The Balaban J connectivity index is 2.56. The molecular weight excluding hydrogens is 242 g/mol. The van der Waals surface area contributed by atoms with Gasteiger partial charge in [-0.15, -0.1) is 0 Å². The van der Waals surface area contributed by atoms with Crippen LogP contribution in [0, 0.1) is 0 Å². The fourth-order valence-electron chi connectivity index (χ4n) is 2.20. The van der Waals surface area contributed by atoms with Crippen LogP contribution in [0.15, 0.2) is 24.3 Å². The van der Waals surface area contributed by atoms with Gasteiger partial charge in [-0.05, 0) is 31.5 Å². The van der Waals surface area contributed by atoms with E-state index < -0.39 is 0 Å². The second kappa shape index (κ2) is 5.78. The smallest absolute Gasteiger partial charge is 0.354 e. The van der Waals surface area contributed by atoms with Crippen LogP contribution in [0.3, 0.4) is 0 Å². The van der Waals surface area contributed by atoms with Crippen LogP contribution in [0.1, 0.15) is 30.8 Å². The third-order valence-corrected chi connectivity index (χ3v) is 3.04.